The van der Waals surface area contributed by atoms with Crippen LogP contribution in [0.1, 0.15) is 17.0 Å². The second-order valence-corrected chi connectivity index (χ2v) is 6.77. The fourth-order valence-electron chi connectivity index (χ4n) is 3.47. The first-order valence-electron chi connectivity index (χ1n) is 9.81. The molecule has 0 bridgehead atoms. The molecule has 7 heteroatoms. The normalized spacial score (nSPS) is 11.4. The summed E-state index contributed by atoms with van der Waals surface area (Å²) in [6.07, 6.45) is 0.0606. The number of hydrogen-bond acceptors (Lipinski definition) is 6. The number of nitrogen functional groups attached to an aromatic ring is 1. The van der Waals surface area contributed by atoms with E-state index < -0.39 is 6.09 Å². The largest absolute Gasteiger partial charge is 0.449 e. The van der Waals surface area contributed by atoms with Gasteiger partial charge >= 0.3 is 6.09 Å². The Morgan fingerprint density at radius 3 is 2.13 bits per heavy atom. The molecule has 3 aromatic rings. The SMILES string of the molecule is CONc1ccccc1N.O=CCNC(=O)OCC1c2ccccc2-c2ccccc21. The quantitative estimate of drug-likeness (QED) is 0.317. The smallest absolute Gasteiger partial charge is 0.407 e. The van der Waals surface area contributed by atoms with Crippen LogP contribution in [0.4, 0.5) is 16.2 Å². The zero-order chi connectivity index (χ0) is 22.1. The highest BCUT2D eigenvalue weighted by Gasteiger charge is 2.28. The van der Waals surface area contributed by atoms with Gasteiger partial charge in [0.15, 0.2) is 0 Å². The molecule has 0 unspecified atom stereocenters. The Bertz CT molecular complexity index is 993. The third-order valence-electron chi connectivity index (χ3n) is 4.85. The minimum absolute atomic E-state index is 0.0311. The van der Waals surface area contributed by atoms with Crippen LogP contribution in [0.2, 0.25) is 0 Å². The summed E-state index contributed by atoms with van der Waals surface area (Å²) in [5.41, 5.74) is 14.4. The van der Waals surface area contributed by atoms with Gasteiger partial charge in [0.1, 0.15) is 12.9 Å². The molecule has 31 heavy (non-hydrogen) atoms. The summed E-state index contributed by atoms with van der Waals surface area (Å²) in [6, 6.07) is 23.7. The minimum Gasteiger partial charge on any atom is -0.449 e. The highest BCUT2D eigenvalue weighted by Crippen LogP contribution is 2.44. The minimum atomic E-state index is -0.566. The molecule has 0 aliphatic heterocycles. The summed E-state index contributed by atoms with van der Waals surface area (Å²) >= 11 is 0. The molecule has 3 aromatic carbocycles. The molecule has 1 aliphatic rings. The number of carbonyl (C=O) groups excluding carboxylic acids is 2. The molecule has 0 saturated carbocycles. The van der Waals surface area contributed by atoms with Crippen molar-refractivity contribution in [3.8, 4) is 11.1 Å². The van der Waals surface area contributed by atoms with E-state index in [1.807, 2.05) is 42.5 Å². The molecule has 0 spiro atoms. The lowest BCUT2D eigenvalue weighted by Gasteiger charge is -2.14. The topological polar surface area (TPSA) is 103 Å². The monoisotopic (exact) mass is 419 g/mol. The summed E-state index contributed by atoms with van der Waals surface area (Å²) in [5, 5.41) is 2.38. The highest BCUT2D eigenvalue weighted by atomic mass is 16.6. The zero-order valence-corrected chi connectivity index (χ0v) is 17.2. The van der Waals surface area contributed by atoms with Gasteiger partial charge in [-0.15, -0.1) is 0 Å². The average molecular weight is 419 g/mol. The van der Waals surface area contributed by atoms with Crippen molar-refractivity contribution < 1.29 is 19.2 Å². The lowest BCUT2D eigenvalue weighted by molar-refractivity contribution is -0.107. The number of rotatable bonds is 6. The van der Waals surface area contributed by atoms with Gasteiger partial charge in [0.25, 0.3) is 0 Å². The van der Waals surface area contributed by atoms with E-state index in [2.05, 4.69) is 39.9 Å². The van der Waals surface area contributed by atoms with Crippen molar-refractivity contribution in [2.24, 2.45) is 0 Å². The van der Waals surface area contributed by atoms with Gasteiger partial charge in [-0.25, -0.2) is 4.79 Å². The third-order valence-corrected chi connectivity index (χ3v) is 4.85. The van der Waals surface area contributed by atoms with Crippen molar-refractivity contribution in [2.45, 2.75) is 5.92 Å². The summed E-state index contributed by atoms with van der Waals surface area (Å²) in [5.74, 6) is 0.0411. The molecule has 1 aliphatic carbocycles. The number of fused-ring (bicyclic) bond motifs is 3. The van der Waals surface area contributed by atoms with Crippen LogP contribution in [0.25, 0.3) is 11.1 Å². The van der Waals surface area contributed by atoms with Crippen molar-refractivity contribution in [1.29, 1.82) is 0 Å². The summed E-state index contributed by atoms with van der Waals surface area (Å²) < 4.78 is 5.23. The van der Waals surface area contributed by atoms with Gasteiger partial charge in [0.2, 0.25) is 0 Å². The molecule has 4 rings (SSSR count). The van der Waals surface area contributed by atoms with Gasteiger partial charge in [-0.3, -0.25) is 10.3 Å². The van der Waals surface area contributed by atoms with E-state index in [1.165, 1.54) is 22.3 Å². The average Bonchev–Trinajstić information content (AvgIpc) is 3.12. The van der Waals surface area contributed by atoms with Crippen molar-refractivity contribution in [1.82, 2.24) is 5.32 Å². The lowest BCUT2D eigenvalue weighted by atomic mass is 9.98. The van der Waals surface area contributed by atoms with E-state index in [4.69, 9.17) is 10.5 Å². The van der Waals surface area contributed by atoms with Crippen LogP contribution in [0.15, 0.2) is 72.8 Å². The number of benzene rings is 3. The highest BCUT2D eigenvalue weighted by molar-refractivity contribution is 5.79. The van der Waals surface area contributed by atoms with Crippen LogP contribution in [0.3, 0.4) is 0 Å². The molecule has 0 aromatic heterocycles. The number of nitrogens with two attached hydrogens (primary N) is 1. The molecule has 0 heterocycles. The van der Waals surface area contributed by atoms with Gasteiger partial charge in [0, 0.05) is 5.92 Å². The van der Waals surface area contributed by atoms with Crippen molar-refractivity contribution in [2.75, 3.05) is 31.5 Å². The molecule has 0 saturated heterocycles. The van der Waals surface area contributed by atoms with E-state index in [9.17, 15) is 9.59 Å². The first kappa shape index (κ1) is 21.9. The molecule has 160 valence electrons. The van der Waals surface area contributed by atoms with E-state index in [0.29, 0.717) is 12.0 Å². The Hall–Kier alpha value is -3.84. The van der Waals surface area contributed by atoms with Crippen LogP contribution in [0.5, 0.6) is 0 Å². The van der Waals surface area contributed by atoms with Crippen molar-refractivity contribution in [3.63, 3.8) is 0 Å². The summed E-state index contributed by atoms with van der Waals surface area (Å²) in [4.78, 5) is 26.4. The molecular weight excluding hydrogens is 394 g/mol. The number of alkyl carbamates (subject to hydrolysis) is 1. The Morgan fingerprint density at radius 1 is 0.968 bits per heavy atom. The van der Waals surface area contributed by atoms with Gasteiger partial charge in [-0.05, 0) is 34.4 Å². The van der Waals surface area contributed by atoms with Gasteiger partial charge in [-0.2, -0.15) is 0 Å². The van der Waals surface area contributed by atoms with E-state index >= 15 is 0 Å². The fourth-order valence-corrected chi connectivity index (χ4v) is 3.47. The fraction of sp³-hybridized carbons (Fsp3) is 0.167. The Balaban J connectivity index is 0.000000229. The second-order valence-electron chi connectivity index (χ2n) is 6.77. The number of amides is 1. The van der Waals surface area contributed by atoms with Crippen molar-refractivity contribution in [3.05, 3.63) is 83.9 Å². The molecule has 0 fully saturated rings. The molecule has 0 atom stereocenters. The first-order valence-corrected chi connectivity index (χ1v) is 9.81. The molecular formula is C24H25N3O4. The van der Waals surface area contributed by atoms with Gasteiger partial charge < -0.3 is 20.6 Å². The number of nitrogens with one attached hydrogen (secondary N) is 2. The van der Waals surface area contributed by atoms with Crippen molar-refractivity contribution >= 4 is 23.8 Å². The van der Waals surface area contributed by atoms with Crippen LogP contribution in [-0.2, 0) is 14.4 Å². The van der Waals surface area contributed by atoms with E-state index in [1.54, 1.807) is 13.2 Å². The molecule has 4 N–H and O–H groups in total. The van der Waals surface area contributed by atoms with Gasteiger partial charge in [-0.1, -0.05) is 60.7 Å². The van der Waals surface area contributed by atoms with Crippen LogP contribution < -0.4 is 16.5 Å². The number of carbonyl (C=O) groups is 2. The Labute approximate surface area is 181 Å². The molecule has 7 nitrogen and oxygen atoms in total. The number of anilines is 2. The molecule has 0 radical (unpaired) electrons. The second kappa shape index (κ2) is 10.8. The van der Waals surface area contributed by atoms with Crippen LogP contribution >= 0.6 is 0 Å². The Morgan fingerprint density at radius 2 is 1.55 bits per heavy atom. The maximum absolute atomic E-state index is 11.5. The zero-order valence-electron chi connectivity index (χ0n) is 17.2. The number of ether oxygens (including phenoxy) is 1. The maximum Gasteiger partial charge on any atom is 0.407 e. The standard InChI is InChI=1S/C17H15NO3.C7H10N2O/c19-10-9-18-17(20)21-11-16-14-7-3-1-5-12(14)13-6-2-4-8-15(13)16;1-10-9-7-5-3-2-4-6(7)8/h1-8,10,16H,9,11H2,(H,18,20);2-5,9H,8H2,1H3. The Kier molecular flexibility index (Phi) is 7.61. The van der Waals surface area contributed by atoms with E-state index in [-0.39, 0.29) is 19.1 Å². The summed E-state index contributed by atoms with van der Waals surface area (Å²) in [7, 11) is 1.55. The lowest BCUT2D eigenvalue weighted by Crippen LogP contribution is -2.27. The maximum atomic E-state index is 11.5. The first-order chi connectivity index (χ1) is 15.2. The molecule has 1 amide bonds. The number of para-hydroxylation sites is 2. The van der Waals surface area contributed by atoms with Crippen LogP contribution in [0, 0.1) is 0 Å². The van der Waals surface area contributed by atoms with Crippen LogP contribution in [-0.4, -0.2) is 32.6 Å². The predicted molar refractivity (Wildman–Crippen MR) is 121 cm³/mol. The summed E-state index contributed by atoms with van der Waals surface area (Å²) in [6.45, 7) is 0.232. The predicted octanol–water partition coefficient (Wildman–Crippen LogP) is 3.97. The van der Waals surface area contributed by atoms with Gasteiger partial charge in [0.05, 0.1) is 25.0 Å². The number of hydrogen-bond donors (Lipinski definition) is 3. The number of aldehydes is 1. The third kappa shape index (κ3) is 5.40. The van der Waals surface area contributed by atoms with E-state index in [0.717, 1.165) is 5.69 Å².